The van der Waals surface area contributed by atoms with E-state index in [1.807, 2.05) is 0 Å². The van der Waals surface area contributed by atoms with Gasteiger partial charge in [-0.2, -0.15) is 0 Å². The second-order valence-corrected chi connectivity index (χ2v) is 5.62. The molecule has 0 radical (unpaired) electrons. The van der Waals surface area contributed by atoms with E-state index in [0.29, 0.717) is 17.7 Å². The fourth-order valence-corrected chi connectivity index (χ4v) is 2.74. The van der Waals surface area contributed by atoms with Crippen LogP contribution in [-0.4, -0.2) is 26.4 Å². The fraction of sp³-hybridized carbons (Fsp3) is 0.222. The Kier molecular flexibility index (Phi) is 2.86. The van der Waals surface area contributed by atoms with Crippen LogP contribution in [-0.2, 0) is 16.6 Å². The zero-order valence-corrected chi connectivity index (χ0v) is 10.5. The van der Waals surface area contributed by atoms with Crippen LogP contribution in [0.3, 0.4) is 0 Å². The summed E-state index contributed by atoms with van der Waals surface area (Å²) in [7, 11) is -2.31. The normalized spacial score (nSPS) is 15.9. The number of hydrogen-bond donors (Lipinski definition) is 2. The Hall–Kier alpha value is -1.15. The second-order valence-electron chi connectivity index (χ2n) is 3.68. The smallest absolute Gasteiger partial charge is 0.268 e. The lowest BCUT2D eigenvalue weighted by Crippen LogP contribution is -2.43. The van der Waals surface area contributed by atoms with Gasteiger partial charge in [0.05, 0.1) is 5.02 Å². The molecular weight excluding hydrogens is 266 g/mol. The van der Waals surface area contributed by atoms with Crippen molar-refractivity contribution in [2.45, 2.75) is 11.4 Å². The van der Waals surface area contributed by atoms with Gasteiger partial charge in [-0.05, 0) is 17.7 Å². The Morgan fingerprint density at radius 3 is 2.71 bits per heavy atom. The molecule has 0 unspecified atom stereocenters. The van der Waals surface area contributed by atoms with Crippen LogP contribution in [0.4, 0.5) is 0 Å². The maximum absolute atomic E-state index is 11.8. The number of sulfonamides is 1. The first-order chi connectivity index (χ1) is 7.80. The number of hydrogen-bond acceptors (Lipinski definition) is 4. The van der Waals surface area contributed by atoms with Crippen LogP contribution in [0.1, 0.15) is 15.9 Å². The molecule has 0 bridgehead atoms. The number of nitrogens with one attached hydrogen (secondary N) is 1. The van der Waals surface area contributed by atoms with Gasteiger partial charge in [-0.15, -0.1) is 0 Å². The largest absolute Gasteiger partial charge is 0.277 e. The van der Waals surface area contributed by atoms with Crippen molar-refractivity contribution >= 4 is 27.5 Å². The van der Waals surface area contributed by atoms with Gasteiger partial charge in [0.1, 0.15) is 4.90 Å². The highest BCUT2D eigenvalue weighted by atomic mass is 35.5. The van der Waals surface area contributed by atoms with Crippen molar-refractivity contribution in [1.29, 1.82) is 0 Å². The predicted molar refractivity (Wildman–Crippen MR) is 61.8 cm³/mol. The van der Waals surface area contributed by atoms with E-state index in [1.165, 1.54) is 17.1 Å². The van der Waals surface area contributed by atoms with Gasteiger partial charge < -0.3 is 0 Å². The van der Waals surface area contributed by atoms with Crippen LogP contribution >= 0.6 is 11.6 Å². The summed E-state index contributed by atoms with van der Waals surface area (Å²) in [6, 6.07) is 2.65. The molecule has 8 heteroatoms. The zero-order valence-electron chi connectivity index (χ0n) is 8.90. The van der Waals surface area contributed by atoms with Crippen molar-refractivity contribution in [3.63, 3.8) is 0 Å². The molecule has 0 saturated carbocycles. The highest BCUT2D eigenvalue weighted by Crippen LogP contribution is 2.27. The van der Waals surface area contributed by atoms with E-state index >= 15 is 0 Å². The van der Waals surface area contributed by atoms with Gasteiger partial charge in [-0.25, -0.2) is 19.0 Å². The number of carbonyl (C=O) groups is 1. The molecule has 0 aliphatic carbocycles. The van der Waals surface area contributed by atoms with E-state index in [2.05, 4.69) is 5.43 Å². The monoisotopic (exact) mass is 275 g/mol. The number of fused-ring (bicyclic) bond motifs is 1. The van der Waals surface area contributed by atoms with Crippen LogP contribution in [0.15, 0.2) is 17.0 Å². The molecule has 1 amide bonds. The minimum absolute atomic E-state index is 0.0464. The van der Waals surface area contributed by atoms with E-state index in [4.69, 9.17) is 16.7 Å². The predicted octanol–water partition coefficient (Wildman–Crippen LogP) is 0.0776. The third-order valence-electron chi connectivity index (χ3n) is 2.51. The summed E-state index contributed by atoms with van der Waals surface area (Å²) in [4.78, 5) is 11.6. The number of primary sulfonamides is 1. The summed E-state index contributed by atoms with van der Waals surface area (Å²) >= 11 is 5.81. The summed E-state index contributed by atoms with van der Waals surface area (Å²) in [5.41, 5.74) is 3.73. The maximum Gasteiger partial charge on any atom is 0.268 e. The molecule has 1 aromatic carbocycles. The molecule has 1 aliphatic heterocycles. The van der Waals surface area contributed by atoms with E-state index in [1.54, 1.807) is 7.05 Å². The van der Waals surface area contributed by atoms with E-state index < -0.39 is 10.0 Å². The third-order valence-corrected chi connectivity index (χ3v) is 3.88. The zero-order chi connectivity index (χ0) is 12.8. The van der Waals surface area contributed by atoms with E-state index in [-0.39, 0.29) is 15.8 Å². The summed E-state index contributed by atoms with van der Waals surface area (Å²) in [6.45, 7) is 0.345. The lowest BCUT2D eigenvalue weighted by Gasteiger charge is -2.26. The maximum atomic E-state index is 11.8. The first-order valence-corrected chi connectivity index (χ1v) is 6.60. The van der Waals surface area contributed by atoms with Crippen molar-refractivity contribution in [3.05, 3.63) is 28.3 Å². The highest BCUT2D eigenvalue weighted by molar-refractivity contribution is 7.89. The van der Waals surface area contributed by atoms with Crippen LogP contribution in [0.2, 0.25) is 5.02 Å². The second kappa shape index (κ2) is 3.95. The molecule has 2 rings (SSSR count). The van der Waals surface area contributed by atoms with Crippen molar-refractivity contribution in [2.75, 3.05) is 7.05 Å². The first-order valence-electron chi connectivity index (χ1n) is 4.67. The number of benzene rings is 1. The Bertz CT molecular complexity index is 600. The van der Waals surface area contributed by atoms with Crippen LogP contribution < -0.4 is 10.6 Å². The SMILES string of the molecule is CN1NCc2cc(S(N)(=O)=O)c(Cl)cc2C1=O. The third kappa shape index (κ3) is 2.14. The number of hydrazine groups is 1. The van der Waals surface area contributed by atoms with Crippen molar-refractivity contribution in [2.24, 2.45) is 5.14 Å². The molecule has 0 saturated heterocycles. The fourth-order valence-electron chi connectivity index (χ4n) is 1.62. The Morgan fingerprint density at radius 2 is 2.12 bits per heavy atom. The number of nitrogens with zero attached hydrogens (tertiary/aromatic N) is 1. The summed E-state index contributed by atoms with van der Waals surface area (Å²) < 4.78 is 22.5. The van der Waals surface area contributed by atoms with Crippen LogP contribution in [0, 0.1) is 0 Å². The van der Waals surface area contributed by atoms with Crippen molar-refractivity contribution in [1.82, 2.24) is 10.4 Å². The lowest BCUT2D eigenvalue weighted by molar-refractivity contribution is 0.0685. The highest BCUT2D eigenvalue weighted by Gasteiger charge is 2.25. The van der Waals surface area contributed by atoms with Crippen LogP contribution in [0.25, 0.3) is 0 Å². The average molecular weight is 276 g/mol. The topological polar surface area (TPSA) is 92.5 Å². The van der Waals surface area contributed by atoms with Crippen molar-refractivity contribution < 1.29 is 13.2 Å². The van der Waals surface area contributed by atoms with E-state index in [9.17, 15) is 13.2 Å². The summed E-state index contributed by atoms with van der Waals surface area (Å²) in [5.74, 6) is -0.269. The standard InChI is InChI=1S/C9H10ClN3O3S/c1-13-9(14)6-3-7(10)8(17(11,15)16)2-5(6)4-12-13/h2-3,12H,4H2,1H3,(H2,11,15,16). The molecule has 3 N–H and O–H groups in total. The number of amides is 1. The van der Waals surface area contributed by atoms with Crippen molar-refractivity contribution in [3.8, 4) is 0 Å². The molecule has 0 aromatic heterocycles. The lowest BCUT2D eigenvalue weighted by atomic mass is 10.1. The van der Waals surface area contributed by atoms with Crippen LogP contribution in [0.5, 0.6) is 0 Å². The molecule has 1 aromatic rings. The Labute approximate surface area is 103 Å². The summed E-state index contributed by atoms with van der Waals surface area (Å²) in [6.07, 6.45) is 0. The molecule has 1 heterocycles. The number of rotatable bonds is 1. The molecule has 1 aliphatic rings. The first kappa shape index (κ1) is 12.3. The quantitative estimate of drug-likeness (QED) is 0.759. The van der Waals surface area contributed by atoms with Gasteiger partial charge in [0, 0.05) is 19.2 Å². The van der Waals surface area contributed by atoms with Gasteiger partial charge in [0.25, 0.3) is 5.91 Å². The number of carbonyl (C=O) groups excluding carboxylic acids is 1. The number of halogens is 1. The Balaban J connectivity index is 2.64. The average Bonchev–Trinajstić information content (AvgIpc) is 2.22. The minimum Gasteiger partial charge on any atom is -0.277 e. The molecule has 0 spiro atoms. The summed E-state index contributed by atoms with van der Waals surface area (Å²) in [5, 5.41) is 6.29. The van der Waals surface area contributed by atoms with Gasteiger partial charge in [-0.1, -0.05) is 11.6 Å². The molecule has 0 atom stereocenters. The Morgan fingerprint density at radius 1 is 1.47 bits per heavy atom. The van der Waals surface area contributed by atoms with Gasteiger partial charge in [0.15, 0.2) is 0 Å². The molecule has 6 nitrogen and oxygen atoms in total. The molecule has 92 valence electrons. The number of nitrogens with two attached hydrogens (primary N) is 1. The molecular formula is C9H10ClN3O3S. The van der Waals surface area contributed by atoms with Gasteiger partial charge >= 0.3 is 0 Å². The van der Waals surface area contributed by atoms with Gasteiger partial charge in [-0.3, -0.25) is 9.80 Å². The molecule has 17 heavy (non-hydrogen) atoms. The van der Waals surface area contributed by atoms with Gasteiger partial charge in [0.2, 0.25) is 10.0 Å². The van der Waals surface area contributed by atoms with E-state index in [0.717, 1.165) is 0 Å². The molecule has 0 fully saturated rings. The minimum atomic E-state index is -3.88.